The summed E-state index contributed by atoms with van der Waals surface area (Å²) in [5, 5.41) is 12.0. The molecule has 0 aliphatic rings. The van der Waals surface area contributed by atoms with Gasteiger partial charge in [-0.05, 0) is 29.8 Å². The van der Waals surface area contributed by atoms with Crippen molar-refractivity contribution in [1.82, 2.24) is 4.98 Å². The van der Waals surface area contributed by atoms with Crippen LogP contribution >= 0.6 is 0 Å². The molecular formula is C13H13N5. The van der Waals surface area contributed by atoms with E-state index in [1.165, 1.54) is 0 Å². The van der Waals surface area contributed by atoms with E-state index in [9.17, 15) is 0 Å². The number of aromatic nitrogens is 1. The highest BCUT2D eigenvalue weighted by atomic mass is 15.3. The number of nitrogens with two attached hydrogens (primary N) is 1. The Morgan fingerprint density at radius 1 is 1.17 bits per heavy atom. The molecule has 1 aromatic carbocycles. The van der Waals surface area contributed by atoms with Gasteiger partial charge in [-0.2, -0.15) is 5.26 Å². The summed E-state index contributed by atoms with van der Waals surface area (Å²) in [7, 11) is 0. The molecule has 0 saturated carbocycles. The zero-order chi connectivity index (χ0) is 12.8. The molecule has 2 aromatic rings. The second kappa shape index (κ2) is 5.66. The van der Waals surface area contributed by atoms with Crippen LogP contribution in [0.5, 0.6) is 0 Å². The zero-order valence-corrected chi connectivity index (χ0v) is 9.72. The summed E-state index contributed by atoms with van der Waals surface area (Å²) in [5.74, 6) is 6.62. The normalized spacial score (nSPS) is 9.56. The van der Waals surface area contributed by atoms with Gasteiger partial charge < -0.3 is 10.7 Å². The maximum atomic E-state index is 8.81. The minimum Gasteiger partial charge on any atom is -0.366 e. The number of pyridine rings is 1. The van der Waals surface area contributed by atoms with E-state index in [0.29, 0.717) is 17.9 Å². The van der Waals surface area contributed by atoms with Crippen molar-refractivity contribution >= 4 is 11.6 Å². The van der Waals surface area contributed by atoms with E-state index in [1.54, 1.807) is 12.1 Å². The van der Waals surface area contributed by atoms with Crippen LogP contribution in [0, 0.1) is 11.3 Å². The van der Waals surface area contributed by atoms with E-state index in [4.69, 9.17) is 11.1 Å². The number of rotatable bonds is 4. The van der Waals surface area contributed by atoms with Gasteiger partial charge in [0.05, 0.1) is 11.6 Å². The summed E-state index contributed by atoms with van der Waals surface area (Å²) in [4.78, 5) is 4.24. The van der Waals surface area contributed by atoms with Crippen molar-refractivity contribution in [1.29, 1.82) is 5.26 Å². The van der Waals surface area contributed by atoms with Gasteiger partial charge in [-0.1, -0.05) is 18.2 Å². The third-order valence-electron chi connectivity index (χ3n) is 2.43. The Morgan fingerprint density at radius 2 is 1.94 bits per heavy atom. The lowest BCUT2D eigenvalue weighted by Gasteiger charge is -2.07. The smallest absolute Gasteiger partial charge is 0.142 e. The summed E-state index contributed by atoms with van der Waals surface area (Å²) in [5.41, 5.74) is 4.17. The summed E-state index contributed by atoms with van der Waals surface area (Å²) < 4.78 is 0. The van der Waals surface area contributed by atoms with E-state index in [0.717, 1.165) is 11.4 Å². The molecule has 1 heterocycles. The molecule has 0 spiro atoms. The second-order valence-corrected chi connectivity index (χ2v) is 3.72. The largest absolute Gasteiger partial charge is 0.366 e. The molecule has 0 fully saturated rings. The van der Waals surface area contributed by atoms with Crippen molar-refractivity contribution in [3.63, 3.8) is 0 Å². The Morgan fingerprint density at radius 3 is 2.72 bits per heavy atom. The molecule has 1 aromatic heterocycles. The maximum Gasteiger partial charge on any atom is 0.142 e. The first-order chi connectivity index (χ1) is 8.81. The van der Waals surface area contributed by atoms with Crippen LogP contribution in [0.3, 0.4) is 0 Å². The molecule has 0 aliphatic carbocycles. The predicted octanol–water partition coefficient (Wildman–Crippen LogP) is 1.85. The van der Waals surface area contributed by atoms with Gasteiger partial charge in [0, 0.05) is 6.54 Å². The molecule has 0 radical (unpaired) electrons. The number of hydrogen-bond acceptors (Lipinski definition) is 5. The number of benzene rings is 1. The second-order valence-electron chi connectivity index (χ2n) is 3.72. The van der Waals surface area contributed by atoms with Crippen LogP contribution < -0.4 is 16.6 Å². The highest BCUT2D eigenvalue weighted by Crippen LogP contribution is 2.10. The Labute approximate surface area is 105 Å². The Kier molecular flexibility index (Phi) is 3.74. The van der Waals surface area contributed by atoms with E-state index >= 15 is 0 Å². The van der Waals surface area contributed by atoms with Crippen LogP contribution in [0.4, 0.5) is 11.6 Å². The van der Waals surface area contributed by atoms with Crippen LogP contribution in [0.1, 0.15) is 11.1 Å². The van der Waals surface area contributed by atoms with Crippen molar-refractivity contribution in [2.24, 2.45) is 5.84 Å². The van der Waals surface area contributed by atoms with Gasteiger partial charge in [-0.3, -0.25) is 0 Å². The molecule has 0 unspecified atom stereocenters. The average Bonchev–Trinajstić information content (AvgIpc) is 2.45. The lowest BCUT2D eigenvalue weighted by atomic mass is 10.1. The molecule has 18 heavy (non-hydrogen) atoms. The molecule has 5 nitrogen and oxygen atoms in total. The number of nitrogens with one attached hydrogen (secondary N) is 2. The lowest BCUT2D eigenvalue weighted by Crippen LogP contribution is -2.09. The van der Waals surface area contributed by atoms with Crippen LogP contribution in [-0.4, -0.2) is 4.98 Å². The lowest BCUT2D eigenvalue weighted by molar-refractivity contribution is 1.10. The number of nitrogen functional groups attached to an aromatic ring is 1. The van der Waals surface area contributed by atoms with Crippen LogP contribution in [0.15, 0.2) is 42.5 Å². The highest BCUT2D eigenvalue weighted by Gasteiger charge is 1.98. The predicted molar refractivity (Wildman–Crippen MR) is 70.5 cm³/mol. The van der Waals surface area contributed by atoms with Crippen molar-refractivity contribution in [2.75, 3.05) is 10.7 Å². The fourth-order valence-corrected chi connectivity index (χ4v) is 1.56. The maximum absolute atomic E-state index is 8.81. The van der Waals surface area contributed by atoms with Gasteiger partial charge in [0.25, 0.3) is 0 Å². The third-order valence-corrected chi connectivity index (χ3v) is 2.43. The highest BCUT2D eigenvalue weighted by molar-refractivity contribution is 5.45. The van der Waals surface area contributed by atoms with Gasteiger partial charge in [0.1, 0.15) is 11.6 Å². The van der Waals surface area contributed by atoms with Crippen molar-refractivity contribution < 1.29 is 0 Å². The number of hydrogen-bond donors (Lipinski definition) is 3. The number of hydrazine groups is 1. The molecule has 2 rings (SSSR count). The van der Waals surface area contributed by atoms with E-state index in [1.807, 2.05) is 30.3 Å². The monoisotopic (exact) mass is 239 g/mol. The first-order valence-electron chi connectivity index (χ1n) is 5.48. The first kappa shape index (κ1) is 11.9. The molecule has 90 valence electrons. The molecular weight excluding hydrogens is 226 g/mol. The fourth-order valence-electron chi connectivity index (χ4n) is 1.56. The summed E-state index contributed by atoms with van der Waals surface area (Å²) in [6.07, 6.45) is 0. The van der Waals surface area contributed by atoms with Gasteiger partial charge in [0.2, 0.25) is 0 Å². The first-order valence-corrected chi connectivity index (χ1v) is 5.48. The van der Waals surface area contributed by atoms with Crippen molar-refractivity contribution in [2.45, 2.75) is 6.54 Å². The van der Waals surface area contributed by atoms with E-state index < -0.39 is 0 Å². The molecule has 0 aliphatic heterocycles. The van der Waals surface area contributed by atoms with Crippen LogP contribution in [0.2, 0.25) is 0 Å². The number of anilines is 2. The summed E-state index contributed by atoms with van der Waals surface area (Å²) in [6, 6.07) is 15.0. The van der Waals surface area contributed by atoms with Gasteiger partial charge in [-0.15, -0.1) is 0 Å². The van der Waals surface area contributed by atoms with Crippen molar-refractivity contribution in [3.8, 4) is 6.07 Å². The molecule has 0 bridgehead atoms. The standard InChI is InChI=1S/C13H13N5/c14-8-10-3-1-4-11(7-10)9-16-12-5-2-6-13(17-12)18-15/h1-7H,9,15H2,(H2,16,17,18). The topological polar surface area (TPSA) is 86.8 Å². The number of nitriles is 1. The van der Waals surface area contributed by atoms with Crippen LogP contribution in [-0.2, 0) is 6.54 Å². The van der Waals surface area contributed by atoms with E-state index in [2.05, 4.69) is 21.8 Å². The Bertz CT molecular complexity index is 574. The minimum absolute atomic E-state index is 0.603. The average molecular weight is 239 g/mol. The third kappa shape index (κ3) is 2.97. The molecule has 4 N–H and O–H groups in total. The van der Waals surface area contributed by atoms with Crippen LogP contribution in [0.25, 0.3) is 0 Å². The molecule has 5 heteroatoms. The molecule has 0 saturated heterocycles. The van der Waals surface area contributed by atoms with Gasteiger partial charge >= 0.3 is 0 Å². The molecule has 0 atom stereocenters. The number of nitrogens with zero attached hydrogens (tertiary/aromatic N) is 2. The minimum atomic E-state index is 0.603. The summed E-state index contributed by atoms with van der Waals surface area (Å²) in [6.45, 7) is 0.608. The SMILES string of the molecule is N#Cc1cccc(CNc2cccc(NN)n2)c1. The Balaban J connectivity index is 2.04. The molecule has 0 amide bonds. The van der Waals surface area contributed by atoms with Crippen molar-refractivity contribution in [3.05, 3.63) is 53.6 Å². The van der Waals surface area contributed by atoms with Gasteiger partial charge in [-0.25, -0.2) is 10.8 Å². The van der Waals surface area contributed by atoms with Gasteiger partial charge in [0.15, 0.2) is 0 Å². The summed E-state index contributed by atoms with van der Waals surface area (Å²) >= 11 is 0. The Hall–Kier alpha value is -2.58. The quantitative estimate of drug-likeness (QED) is 0.560. The fraction of sp³-hybridized carbons (Fsp3) is 0.0769. The zero-order valence-electron chi connectivity index (χ0n) is 9.72. The van der Waals surface area contributed by atoms with E-state index in [-0.39, 0.29) is 0 Å².